The SMILES string of the molecule is C=CC(C(=O)O)C(=O)C(=C)C. The lowest BCUT2D eigenvalue weighted by Crippen LogP contribution is -2.21. The number of allylic oxidation sites excluding steroid dienone is 1. The van der Waals surface area contributed by atoms with Gasteiger partial charge < -0.3 is 5.11 Å². The fourth-order valence-corrected chi connectivity index (χ4v) is 0.585. The van der Waals surface area contributed by atoms with Crippen molar-refractivity contribution in [2.24, 2.45) is 5.92 Å². The average molecular weight is 154 g/mol. The van der Waals surface area contributed by atoms with Gasteiger partial charge in [0.15, 0.2) is 5.78 Å². The lowest BCUT2D eigenvalue weighted by Gasteiger charge is -2.03. The molecule has 1 N–H and O–H groups in total. The van der Waals surface area contributed by atoms with E-state index < -0.39 is 17.7 Å². The molecule has 0 spiro atoms. The number of hydrogen-bond acceptors (Lipinski definition) is 2. The van der Waals surface area contributed by atoms with Gasteiger partial charge in [0, 0.05) is 0 Å². The fraction of sp³-hybridized carbons (Fsp3) is 0.250. The largest absolute Gasteiger partial charge is 0.480 e. The number of hydrogen-bond donors (Lipinski definition) is 1. The maximum atomic E-state index is 11.0. The first-order valence-corrected chi connectivity index (χ1v) is 3.05. The van der Waals surface area contributed by atoms with Crippen LogP contribution in [0.5, 0.6) is 0 Å². The molecule has 3 heteroatoms. The Labute approximate surface area is 65.0 Å². The number of aliphatic carboxylic acids is 1. The van der Waals surface area contributed by atoms with E-state index in [0.717, 1.165) is 6.08 Å². The van der Waals surface area contributed by atoms with Crippen LogP contribution in [0.1, 0.15) is 6.92 Å². The zero-order chi connectivity index (χ0) is 9.02. The second kappa shape index (κ2) is 3.71. The van der Waals surface area contributed by atoms with Crippen LogP contribution in [0.3, 0.4) is 0 Å². The number of carboxylic acid groups (broad SMARTS) is 1. The standard InChI is InChI=1S/C8H10O3/c1-4-6(8(10)11)7(9)5(2)3/h4,6H,1-2H2,3H3,(H,10,11). The fourth-order valence-electron chi connectivity index (χ4n) is 0.585. The summed E-state index contributed by atoms with van der Waals surface area (Å²) in [7, 11) is 0. The first-order valence-electron chi connectivity index (χ1n) is 3.05. The smallest absolute Gasteiger partial charge is 0.318 e. The van der Waals surface area contributed by atoms with Crippen LogP contribution >= 0.6 is 0 Å². The van der Waals surface area contributed by atoms with E-state index in [1.807, 2.05) is 0 Å². The van der Waals surface area contributed by atoms with Gasteiger partial charge in [0.25, 0.3) is 0 Å². The normalized spacial score (nSPS) is 11.7. The zero-order valence-electron chi connectivity index (χ0n) is 6.33. The van der Waals surface area contributed by atoms with Gasteiger partial charge in [-0.25, -0.2) is 0 Å². The lowest BCUT2D eigenvalue weighted by atomic mass is 10.0. The molecule has 0 radical (unpaired) electrons. The predicted octanol–water partition coefficient (Wildman–Crippen LogP) is 1.02. The molecule has 0 aromatic heterocycles. The van der Waals surface area contributed by atoms with Crippen molar-refractivity contribution in [1.29, 1.82) is 0 Å². The minimum atomic E-state index is -1.19. The van der Waals surface area contributed by atoms with Crippen molar-refractivity contribution in [2.75, 3.05) is 0 Å². The molecular formula is C8H10O3. The highest BCUT2D eigenvalue weighted by molar-refractivity contribution is 6.08. The van der Waals surface area contributed by atoms with Gasteiger partial charge in [0.2, 0.25) is 0 Å². The molecule has 60 valence electrons. The highest BCUT2D eigenvalue weighted by Crippen LogP contribution is 2.05. The minimum Gasteiger partial charge on any atom is -0.480 e. The van der Waals surface area contributed by atoms with Crippen LogP contribution < -0.4 is 0 Å². The summed E-state index contributed by atoms with van der Waals surface area (Å²) < 4.78 is 0. The molecule has 0 aromatic rings. The Balaban J connectivity index is 4.52. The summed E-state index contributed by atoms with van der Waals surface area (Å²) in [5.74, 6) is -2.83. The Bertz CT molecular complexity index is 215. The van der Waals surface area contributed by atoms with E-state index in [1.54, 1.807) is 0 Å². The Kier molecular flexibility index (Phi) is 3.24. The molecule has 0 amide bonds. The van der Waals surface area contributed by atoms with Gasteiger partial charge in [-0.2, -0.15) is 0 Å². The summed E-state index contributed by atoms with van der Waals surface area (Å²) >= 11 is 0. The van der Waals surface area contributed by atoms with Crippen LogP contribution in [-0.2, 0) is 9.59 Å². The van der Waals surface area contributed by atoms with Crippen LogP contribution in [0.15, 0.2) is 24.8 Å². The van der Waals surface area contributed by atoms with Gasteiger partial charge >= 0.3 is 5.97 Å². The van der Waals surface area contributed by atoms with Crippen LogP contribution in [0.25, 0.3) is 0 Å². The van der Waals surface area contributed by atoms with Gasteiger partial charge in [0.05, 0.1) is 0 Å². The third kappa shape index (κ3) is 2.37. The molecule has 0 fully saturated rings. The van der Waals surface area contributed by atoms with Crippen LogP contribution in [0.2, 0.25) is 0 Å². The van der Waals surface area contributed by atoms with Crippen LogP contribution in [-0.4, -0.2) is 16.9 Å². The van der Waals surface area contributed by atoms with Crippen molar-refractivity contribution in [3.05, 3.63) is 24.8 Å². The van der Waals surface area contributed by atoms with E-state index in [-0.39, 0.29) is 5.57 Å². The van der Waals surface area contributed by atoms with Crippen molar-refractivity contribution in [3.63, 3.8) is 0 Å². The van der Waals surface area contributed by atoms with Crippen molar-refractivity contribution < 1.29 is 14.7 Å². The van der Waals surface area contributed by atoms with Gasteiger partial charge in [-0.1, -0.05) is 12.7 Å². The molecule has 0 rings (SSSR count). The second-order valence-corrected chi connectivity index (χ2v) is 2.20. The molecule has 0 aliphatic heterocycles. The molecule has 0 heterocycles. The molecule has 1 atom stereocenters. The van der Waals surface area contributed by atoms with E-state index in [4.69, 9.17) is 5.11 Å². The molecule has 11 heavy (non-hydrogen) atoms. The number of ketones is 1. The van der Waals surface area contributed by atoms with E-state index in [2.05, 4.69) is 13.2 Å². The molecule has 0 aromatic carbocycles. The van der Waals surface area contributed by atoms with E-state index >= 15 is 0 Å². The number of carbonyl (C=O) groups is 2. The Hall–Kier alpha value is -1.38. The Morgan fingerprint density at radius 1 is 1.55 bits per heavy atom. The number of carbonyl (C=O) groups excluding carboxylic acids is 1. The first-order chi connectivity index (χ1) is 5.00. The van der Waals surface area contributed by atoms with E-state index in [0.29, 0.717) is 0 Å². The molecule has 0 bridgehead atoms. The molecule has 3 nitrogen and oxygen atoms in total. The second-order valence-electron chi connectivity index (χ2n) is 2.20. The van der Waals surface area contributed by atoms with Crippen molar-refractivity contribution >= 4 is 11.8 Å². The number of rotatable bonds is 4. The molecule has 0 aliphatic rings. The van der Waals surface area contributed by atoms with Crippen LogP contribution in [0.4, 0.5) is 0 Å². The molecular weight excluding hydrogens is 144 g/mol. The summed E-state index contributed by atoms with van der Waals surface area (Å²) in [6.45, 7) is 8.06. The number of Topliss-reactive ketones (excluding diaryl/α,β-unsaturated/α-hetero) is 1. The van der Waals surface area contributed by atoms with Crippen molar-refractivity contribution in [2.45, 2.75) is 6.92 Å². The monoisotopic (exact) mass is 154 g/mol. The quantitative estimate of drug-likeness (QED) is 0.373. The van der Waals surface area contributed by atoms with E-state index in [9.17, 15) is 9.59 Å². The third-order valence-electron chi connectivity index (χ3n) is 1.20. The van der Waals surface area contributed by atoms with Crippen molar-refractivity contribution in [1.82, 2.24) is 0 Å². The third-order valence-corrected chi connectivity index (χ3v) is 1.20. The number of carboxylic acids is 1. The summed E-state index contributed by atoms with van der Waals surface area (Å²) in [4.78, 5) is 21.3. The predicted molar refractivity (Wildman–Crippen MR) is 41.1 cm³/mol. The molecule has 1 unspecified atom stereocenters. The van der Waals surface area contributed by atoms with Gasteiger partial charge in [-0.3, -0.25) is 9.59 Å². The van der Waals surface area contributed by atoms with Gasteiger partial charge in [-0.15, -0.1) is 6.58 Å². The summed E-state index contributed by atoms with van der Waals surface area (Å²) in [5, 5.41) is 8.46. The minimum absolute atomic E-state index is 0.234. The highest BCUT2D eigenvalue weighted by Gasteiger charge is 2.22. The van der Waals surface area contributed by atoms with Crippen LogP contribution in [0, 0.1) is 5.92 Å². The highest BCUT2D eigenvalue weighted by atomic mass is 16.4. The first kappa shape index (κ1) is 9.62. The zero-order valence-corrected chi connectivity index (χ0v) is 6.33. The van der Waals surface area contributed by atoms with Gasteiger partial charge in [0.1, 0.15) is 5.92 Å². The Morgan fingerprint density at radius 2 is 2.00 bits per heavy atom. The van der Waals surface area contributed by atoms with Gasteiger partial charge in [-0.05, 0) is 12.5 Å². The topological polar surface area (TPSA) is 54.4 Å². The summed E-state index contributed by atoms with van der Waals surface area (Å²) in [6.07, 6.45) is 1.10. The maximum absolute atomic E-state index is 11.0. The Morgan fingerprint density at radius 3 is 2.09 bits per heavy atom. The molecule has 0 saturated heterocycles. The molecule has 0 aliphatic carbocycles. The molecule has 0 saturated carbocycles. The average Bonchev–Trinajstić information content (AvgIpc) is 1.88. The lowest BCUT2D eigenvalue weighted by molar-refractivity contribution is -0.143. The maximum Gasteiger partial charge on any atom is 0.318 e. The van der Waals surface area contributed by atoms with E-state index in [1.165, 1.54) is 6.92 Å². The van der Waals surface area contributed by atoms with Crippen molar-refractivity contribution in [3.8, 4) is 0 Å². The summed E-state index contributed by atoms with van der Waals surface area (Å²) in [6, 6.07) is 0. The summed E-state index contributed by atoms with van der Waals surface area (Å²) in [5.41, 5.74) is 0.234.